The van der Waals surface area contributed by atoms with Gasteiger partial charge in [-0.05, 0) is 25.0 Å². The summed E-state index contributed by atoms with van der Waals surface area (Å²) >= 11 is 0. The monoisotopic (exact) mass is 226 g/mol. The molecule has 1 aromatic carbocycles. The van der Waals surface area contributed by atoms with Crippen molar-refractivity contribution in [2.24, 2.45) is 5.73 Å². The molecule has 1 aliphatic rings. The first-order chi connectivity index (χ1) is 7.59. The molecule has 16 heavy (non-hydrogen) atoms. The summed E-state index contributed by atoms with van der Waals surface area (Å²) in [6.45, 7) is 0.498. The Morgan fingerprint density at radius 2 is 2.06 bits per heavy atom. The van der Waals surface area contributed by atoms with Crippen LogP contribution >= 0.6 is 0 Å². The SMILES string of the molecule is NC1CCCN(c2ccc(F)c(F)c2)C1=O. The number of hydrogen-bond donors (Lipinski definition) is 1. The van der Waals surface area contributed by atoms with Gasteiger partial charge in [-0.2, -0.15) is 0 Å². The third-order valence-electron chi connectivity index (χ3n) is 2.69. The third-order valence-corrected chi connectivity index (χ3v) is 2.69. The van der Waals surface area contributed by atoms with E-state index < -0.39 is 17.7 Å². The summed E-state index contributed by atoms with van der Waals surface area (Å²) < 4.78 is 25.8. The predicted octanol–water partition coefficient (Wildman–Crippen LogP) is 1.42. The second-order valence-electron chi connectivity index (χ2n) is 3.84. The molecule has 0 aliphatic carbocycles. The summed E-state index contributed by atoms with van der Waals surface area (Å²) in [5.41, 5.74) is 5.98. The van der Waals surface area contributed by atoms with Crippen LogP contribution in [0.25, 0.3) is 0 Å². The molecule has 86 valence electrons. The van der Waals surface area contributed by atoms with E-state index in [1.807, 2.05) is 0 Å². The topological polar surface area (TPSA) is 46.3 Å². The molecule has 2 N–H and O–H groups in total. The Balaban J connectivity index is 2.29. The Morgan fingerprint density at radius 3 is 2.75 bits per heavy atom. The molecule has 3 nitrogen and oxygen atoms in total. The van der Waals surface area contributed by atoms with Crippen LogP contribution < -0.4 is 10.6 Å². The normalized spacial score (nSPS) is 21.3. The quantitative estimate of drug-likeness (QED) is 0.787. The van der Waals surface area contributed by atoms with Crippen molar-refractivity contribution in [1.82, 2.24) is 0 Å². The summed E-state index contributed by atoms with van der Waals surface area (Å²) in [5, 5.41) is 0. The van der Waals surface area contributed by atoms with Gasteiger partial charge in [0.1, 0.15) is 0 Å². The summed E-state index contributed by atoms with van der Waals surface area (Å²) in [7, 11) is 0. The number of halogens is 2. The molecule has 1 amide bonds. The number of anilines is 1. The summed E-state index contributed by atoms with van der Waals surface area (Å²) in [6.07, 6.45) is 1.41. The molecule has 2 rings (SSSR count). The zero-order chi connectivity index (χ0) is 11.7. The van der Waals surface area contributed by atoms with Crippen LogP contribution in [0, 0.1) is 11.6 Å². The molecule has 1 fully saturated rings. The van der Waals surface area contributed by atoms with E-state index in [2.05, 4.69) is 0 Å². The maximum atomic E-state index is 13.0. The summed E-state index contributed by atoms with van der Waals surface area (Å²) in [4.78, 5) is 13.1. The van der Waals surface area contributed by atoms with Crippen molar-refractivity contribution >= 4 is 11.6 Å². The molecule has 1 aliphatic heterocycles. The highest BCUT2D eigenvalue weighted by Gasteiger charge is 2.27. The molecular weight excluding hydrogens is 214 g/mol. The Bertz CT molecular complexity index is 422. The molecule has 0 bridgehead atoms. The van der Waals surface area contributed by atoms with Crippen molar-refractivity contribution in [3.63, 3.8) is 0 Å². The van der Waals surface area contributed by atoms with Gasteiger partial charge >= 0.3 is 0 Å². The van der Waals surface area contributed by atoms with Crippen molar-refractivity contribution < 1.29 is 13.6 Å². The number of carbonyl (C=O) groups excluding carboxylic acids is 1. The minimum atomic E-state index is -0.954. The van der Waals surface area contributed by atoms with Gasteiger partial charge in [0.05, 0.1) is 6.04 Å². The average Bonchev–Trinajstić information content (AvgIpc) is 2.26. The molecule has 0 spiro atoms. The molecule has 1 saturated heterocycles. The number of amides is 1. The zero-order valence-electron chi connectivity index (χ0n) is 8.62. The van der Waals surface area contributed by atoms with E-state index in [-0.39, 0.29) is 5.91 Å². The number of rotatable bonds is 1. The van der Waals surface area contributed by atoms with Crippen LogP contribution in [0.4, 0.5) is 14.5 Å². The fraction of sp³-hybridized carbons (Fsp3) is 0.364. The first kappa shape index (κ1) is 11.0. The second-order valence-corrected chi connectivity index (χ2v) is 3.84. The van der Waals surface area contributed by atoms with Gasteiger partial charge in [0.15, 0.2) is 11.6 Å². The van der Waals surface area contributed by atoms with E-state index in [9.17, 15) is 13.6 Å². The van der Waals surface area contributed by atoms with Crippen molar-refractivity contribution in [2.75, 3.05) is 11.4 Å². The van der Waals surface area contributed by atoms with Crippen molar-refractivity contribution in [1.29, 1.82) is 0 Å². The predicted molar refractivity (Wildman–Crippen MR) is 55.9 cm³/mol. The lowest BCUT2D eigenvalue weighted by Gasteiger charge is -2.30. The maximum Gasteiger partial charge on any atom is 0.243 e. The van der Waals surface area contributed by atoms with Gasteiger partial charge in [-0.3, -0.25) is 4.79 Å². The number of carbonyl (C=O) groups is 1. The lowest BCUT2D eigenvalue weighted by molar-refractivity contribution is -0.120. The molecule has 5 heteroatoms. The van der Waals surface area contributed by atoms with Crippen molar-refractivity contribution in [3.8, 4) is 0 Å². The maximum absolute atomic E-state index is 13.0. The van der Waals surface area contributed by atoms with Crippen LogP contribution in [0.5, 0.6) is 0 Å². The Labute approximate surface area is 91.8 Å². The molecule has 1 unspecified atom stereocenters. The van der Waals surface area contributed by atoms with E-state index >= 15 is 0 Å². The molecular formula is C11H12F2N2O. The minimum Gasteiger partial charge on any atom is -0.320 e. The Hall–Kier alpha value is -1.49. The largest absolute Gasteiger partial charge is 0.320 e. The van der Waals surface area contributed by atoms with E-state index in [1.54, 1.807) is 0 Å². The van der Waals surface area contributed by atoms with Crippen LogP contribution in [0.1, 0.15) is 12.8 Å². The van der Waals surface area contributed by atoms with Gasteiger partial charge in [0.2, 0.25) is 5.91 Å². The summed E-state index contributed by atoms with van der Waals surface area (Å²) in [5.74, 6) is -2.11. The first-order valence-corrected chi connectivity index (χ1v) is 5.11. The number of hydrogen-bond acceptors (Lipinski definition) is 2. The second kappa shape index (κ2) is 4.17. The van der Waals surface area contributed by atoms with Crippen LogP contribution in [-0.4, -0.2) is 18.5 Å². The van der Waals surface area contributed by atoms with Gasteiger partial charge in [0.25, 0.3) is 0 Å². The van der Waals surface area contributed by atoms with Gasteiger partial charge in [-0.15, -0.1) is 0 Å². The standard InChI is InChI=1S/C11H12F2N2O/c12-8-4-3-7(6-9(8)13)15-5-1-2-10(14)11(15)16/h3-4,6,10H,1-2,5,14H2. The Morgan fingerprint density at radius 1 is 1.31 bits per heavy atom. The van der Waals surface area contributed by atoms with E-state index in [0.717, 1.165) is 18.6 Å². The number of nitrogens with zero attached hydrogens (tertiary/aromatic N) is 1. The fourth-order valence-corrected chi connectivity index (χ4v) is 1.81. The fourth-order valence-electron chi connectivity index (χ4n) is 1.81. The van der Waals surface area contributed by atoms with E-state index in [0.29, 0.717) is 18.7 Å². The highest BCUT2D eigenvalue weighted by atomic mass is 19.2. The first-order valence-electron chi connectivity index (χ1n) is 5.11. The third kappa shape index (κ3) is 1.90. The lowest BCUT2D eigenvalue weighted by atomic mass is 10.0. The van der Waals surface area contributed by atoms with Crippen molar-refractivity contribution in [3.05, 3.63) is 29.8 Å². The minimum absolute atomic E-state index is 0.239. The number of benzene rings is 1. The van der Waals surface area contributed by atoms with E-state index in [1.165, 1.54) is 11.0 Å². The summed E-state index contributed by atoms with van der Waals surface area (Å²) in [6, 6.07) is 2.87. The van der Waals surface area contributed by atoms with Crippen LogP contribution in [0.3, 0.4) is 0 Å². The van der Waals surface area contributed by atoms with Gasteiger partial charge in [0, 0.05) is 18.3 Å². The van der Waals surface area contributed by atoms with Crippen LogP contribution in [0.15, 0.2) is 18.2 Å². The van der Waals surface area contributed by atoms with Crippen molar-refractivity contribution in [2.45, 2.75) is 18.9 Å². The van der Waals surface area contributed by atoms with Gasteiger partial charge in [-0.1, -0.05) is 0 Å². The Kier molecular flexibility index (Phi) is 2.87. The number of piperidine rings is 1. The van der Waals surface area contributed by atoms with Crippen LogP contribution in [-0.2, 0) is 4.79 Å². The van der Waals surface area contributed by atoms with Gasteiger partial charge < -0.3 is 10.6 Å². The number of nitrogens with two attached hydrogens (primary N) is 1. The van der Waals surface area contributed by atoms with Crippen LogP contribution in [0.2, 0.25) is 0 Å². The van der Waals surface area contributed by atoms with E-state index in [4.69, 9.17) is 5.73 Å². The molecule has 0 radical (unpaired) electrons. The smallest absolute Gasteiger partial charge is 0.243 e. The lowest BCUT2D eigenvalue weighted by Crippen LogP contribution is -2.48. The highest BCUT2D eigenvalue weighted by molar-refractivity contribution is 5.97. The zero-order valence-corrected chi connectivity index (χ0v) is 8.62. The molecule has 1 aromatic rings. The highest BCUT2D eigenvalue weighted by Crippen LogP contribution is 2.22. The van der Waals surface area contributed by atoms with Gasteiger partial charge in [-0.25, -0.2) is 8.78 Å². The average molecular weight is 226 g/mol. The molecule has 0 aromatic heterocycles. The molecule has 0 saturated carbocycles. The molecule has 1 heterocycles. The molecule has 1 atom stereocenters.